The molecule has 6 nitrogen and oxygen atoms in total. The first-order valence-electron chi connectivity index (χ1n) is 6.20. The molecule has 21 heavy (non-hydrogen) atoms. The van der Waals surface area contributed by atoms with E-state index in [0.29, 0.717) is 17.7 Å². The molecule has 1 atom stereocenters. The summed E-state index contributed by atoms with van der Waals surface area (Å²) in [5.74, 6) is -0.275. The van der Waals surface area contributed by atoms with Crippen molar-refractivity contribution < 1.29 is 22.7 Å². The maximum Gasteiger partial charge on any atom is 0.339 e. The molecule has 1 N–H and O–H groups in total. The van der Waals surface area contributed by atoms with E-state index in [1.807, 2.05) is 0 Å². The molecule has 0 fully saturated rings. The monoisotopic (exact) mass is 335 g/mol. The van der Waals surface area contributed by atoms with Crippen LogP contribution in [-0.2, 0) is 24.3 Å². The van der Waals surface area contributed by atoms with Gasteiger partial charge in [-0.2, -0.15) is 0 Å². The molecular weight excluding hydrogens is 318 g/mol. The van der Waals surface area contributed by atoms with E-state index in [1.165, 1.54) is 14.2 Å². The van der Waals surface area contributed by atoms with Crippen molar-refractivity contribution in [1.82, 2.24) is 0 Å². The average Bonchev–Trinajstić information content (AvgIpc) is 2.47. The quantitative estimate of drug-likeness (QED) is 0.579. The molecule has 1 aromatic carbocycles. The summed E-state index contributed by atoms with van der Waals surface area (Å²) in [5, 5.41) is 0. The number of carbonyl (C=O) groups excluding carboxylic acids is 1. The maximum absolute atomic E-state index is 11.7. The predicted octanol–water partition coefficient (Wildman–Crippen LogP) is 1.92. The molecule has 0 radical (unpaired) electrons. The second kappa shape index (κ2) is 8.21. The van der Waals surface area contributed by atoms with E-state index < -0.39 is 22.1 Å². The number of hydrogen-bond acceptors (Lipinski definition) is 5. The molecule has 0 saturated heterocycles. The van der Waals surface area contributed by atoms with Crippen LogP contribution in [0.3, 0.4) is 0 Å². The van der Waals surface area contributed by atoms with Gasteiger partial charge in [0.1, 0.15) is 0 Å². The molecule has 0 aliphatic rings. The summed E-state index contributed by atoms with van der Waals surface area (Å²) in [5.41, 5.74) is 0.987. The van der Waals surface area contributed by atoms with Crippen LogP contribution >= 0.6 is 11.6 Å². The van der Waals surface area contributed by atoms with Gasteiger partial charge in [0.2, 0.25) is 10.0 Å². The summed E-state index contributed by atoms with van der Waals surface area (Å²) in [6, 6.07) is 6.32. The summed E-state index contributed by atoms with van der Waals surface area (Å²) >= 11 is 5.48. The molecule has 118 valence electrons. The number of benzene rings is 1. The lowest BCUT2D eigenvalue weighted by Gasteiger charge is -2.14. The second-order valence-corrected chi connectivity index (χ2v) is 6.44. The van der Waals surface area contributed by atoms with E-state index in [2.05, 4.69) is 9.46 Å². The minimum Gasteiger partial charge on any atom is -0.467 e. The Bertz CT molecular complexity index is 558. The minimum atomic E-state index is -3.41. The maximum atomic E-state index is 11.7. The van der Waals surface area contributed by atoms with Gasteiger partial charge in [-0.05, 0) is 24.1 Å². The molecular formula is C13H18ClNO5S. The Hall–Kier alpha value is -1.31. The Morgan fingerprint density at radius 1 is 1.29 bits per heavy atom. The fourth-order valence-electron chi connectivity index (χ4n) is 1.68. The smallest absolute Gasteiger partial charge is 0.339 e. The summed E-state index contributed by atoms with van der Waals surface area (Å²) in [6.45, 7) is 0. The Labute approximate surface area is 129 Å². The highest BCUT2D eigenvalue weighted by atomic mass is 35.5. The number of alkyl halides is 1. The molecule has 1 unspecified atom stereocenters. The lowest BCUT2D eigenvalue weighted by molar-refractivity contribution is -0.152. The van der Waals surface area contributed by atoms with Crippen LogP contribution in [0.4, 0.5) is 5.69 Å². The number of carbonyl (C=O) groups is 1. The van der Waals surface area contributed by atoms with Crippen molar-refractivity contribution in [3.8, 4) is 0 Å². The van der Waals surface area contributed by atoms with Gasteiger partial charge in [0.15, 0.2) is 6.10 Å². The first-order valence-corrected chi connectivity index (χ1v) is 8.39. The number of anilines is 1. The molecule has 0 saturated carbocycles. The zero-order valence-corrected chi connectivity index (χ0v) is 13.4. The summed E-state index contributed by atoms with van der Waals surface area (Å²) in [4.78, 5) is 11.5. The number of esters is 1. The topological polar surface area (TPSA) is 81.7 Å². The summed E-state index contributed by atoms with van der Waals surface area (Å²) in [7, 11) is -0.749. The SMILES string of the molecule is COC(=O)C(OC)c1ccc(NS(=O)(=O)CCCCl)cc1. The molecule has 0 aliphatic carbocycles. The Morgan fingerprint density at radius 2 is 1.90 bits per heavy atom. The Kier molecular flexibility index (Phi) is 6.94. The lowest BCUT2D eigenvalue weighted by atomic mass is 10.1. The fourth-order valence-corrected chi connectivity index (χ4v) is 3.09. The Morgan fingerprint density at radius 3 is 2.38 bits per heavy atom. The van der Waals surface area contributed by atoms with Crippen LogP contribution in [0.15, 0.2) is 24.3 Å². The highest BCUT2D eigenvalue weighted by Crippen LogP contribution is 2.21. The largest absolute Gasteiger partial charge is 0.467 e. The first-order chi connectivity index (χ1) is 9.93. The molecule has 0 aliphatic heterocycles. The van der Waals surface area contributed by atoms with Gasteiger partial charge in [-0.1, -0.05) is 12.1 Å². The van der Waals surface area contributed by atoms with E-state index in [1.54, 1.807) is 24.3 Å². The van der Waals surface area contributed by atoms with Gasteiger partial charge >= 0.3 is 5.97 Å². The predicted molar refractivity (Wildman–Crippen MR) is 81.0 cm³/mol. The van der Waals surface area contributed by atoms with Crippen molar-refractivity contribution in [3.05, 3.63) is 29.8 Å². The van der Waals surface area contributed by atoms with Crippen LogP contribution in [-0.4, -0.2) is 40.2 Å². The van der Waals surface area contributed by atoms with Crippen LogP contribution in [0.5, 0.6) is 0 Å². The third kappa shape index (κ3) is 5.53. The van der Waals surface area contributed by atoms with E-state index in [4.69, 9.17) is 16.3 Å². The second-order valence-electron chi connectivity index (χ2n) is 4.22. The summed E-state index contributed by atoms with van der Waals surface area (Å²) in [6.07, 6.45) is -0.458. The molecule has 8 heteroatoms. The fraction of sp³-hybridized carbons (Fsp3) is 0.462. The normalized spacial score (nSPS) is 12.7. The van der Waals surface area contributed by atoms with Crippen molar-refractivity contribution in [2.75, 3.05) is 30.6 Å². The van der Waals surface area contributed by atoms with Crippen molar-refractivity contribution >= 4 is 33.3 Å². The number of ether oxygens (including phenoxy) is 2. The van der Waals surface area contributed by atoms with Gasteiger partial charge in [0.25, 0.3) is 0 Å². The molecule has 0 aromatic heterocycles. The van der Waals surface area contributed by atoms with Gasteiger partial charge in [-0.3, -0.25) is 4.72 Å². The van der Waals surface area contributed by atoms with E-state index in [-0.39, 0.29) is 11.6 Å². The molecule has 0 heterocycles. The van der Waals surface area contributed by atoms with Crippen molar-refractivity contribution in [2.45, 2.75) is 12.5 Å². The van der Waals surface area contributed by atoms with Crippen LogP contribution < -0.4 is 4.72 Å². The zero-order valence-electron chi connectivity index (χ0n) is 11.8. The van der Waals surface area contributed by atoms with Crippen LogP contribution in [0, 0.1) is 0 Å². The highest BCUT2D eigenvalue weighted by molar-refractivity contribution is 7.92. The molecule has 0 spiro atoms. The third-order valence-corrected chi connectivity index (χ3v) is 4.32. The van der Waals surface area contributed by atoms with Gasteiger partial charge < -0.3 is 9.47 Å². The van der Waals surface area contributed by atoms with Crippen molar-refractivity contribution in [2.24, 2.45) is 0 Å². The van der Waals surface area contributed by atoms with Gasteiger partial charge in [0, 0.05) is 18.7 Å². The average molecular weight is 336 g/mol. The van der Waals surface area contributed by atoms with Crippen molar-refractivity contribution in [1.29, 1.82) is 0 Å². The van der Waals surface area contributed by atoms with Gasteiger partial charge in [-0.25, -0.2) is 13.2 Å². The third-order valence-electron chi connectivity index (χ3n) is 2.68. The Balaban J connectivity index is 2.80. The van der Waals surface area contributed by atoms with E-state index in [9.17, 15) is 13.2 Å². The standard InChI is InChI=1S/C13H18ClNO5S/c1-19-12(13(16)20-2)10-4-6-11(7-5-10)15-21(17,18)9-3-8-14/h4-7,12,15H,3,8-9H2,1-2H3. The molecule has 1 rings (SSSR count). The minimum absolute atomic E-state index is 0.0406. The zero-order chi connectivity index (χ0) is 15.9. The van der Waals surface area contributed by atoms with E-state index in [0.717, 1.165) is 0 Å². The number of hydrogen-bond donors (Lipinski definition) is 1. The van der Waals surface area contributed by atoms with Crippen molar-refractivity contribution in [3.63, 3.8) is 0 Å². The molecule has 0 bridgehead atoms. The summed E-state index contributed by atoms with van der Waals surface area (Å²) < 4.78 is 35.6. The number of nitrogens with one attached hydrogen (secondary N) is 1. The van der Waals surface area contributed by atoms with Gasteiger partial charge in [0.05, 0.1) is 12.9 Å². The first kappa shape index (κ1) is 17.7. The number of sulfonamides is 1. The molecule has 0 amide bonds. The van der Waals surface area contributed by atoms with Crippen LogP contribution in [0.25, 0.3) is 0 Å². The highest BCUT2D eigenvalue weighted by Gasteiger charge is 2.20. The van der Waals surface area contributed by atoms with E-state index >= 15 is 0 Å². The van der Waals surface area contributed by atoms with Crippen LogP contribution in [0.1, 0.15) is 18.1 Å². The number of halogens is 1. The molecule has 1 aromatic rings. The lowest BCUT2D eigenvalue weighted by Crippen LogP contribution is -2.18. The van der Waals surface area contributed by atoms with Gasteiger partial charge in [-0.15, -0.1) is 11.6 Å². The van der Waals surface area contributed by atoms with Crippen LogP contribution in [0.2, 0.25) is 0 Å². The number of rotatable bonds is 8. The number of methoxy groups -OCH3 is 2.